The number of ketones is 1. The molecule has 3 aliphatic heterocycles. The average molecular weight is 850 g/mol. The maximum atomic E-state index is 15.0. The number of carbonyl (C=O) groups excluding carboxylic acids is 8. The minimum Gasteiger partial charge on any atom is -0.458 e. The van der Waals surface area contributed by atoms with E-state index in [4.69, 9.17) is 4.74 Å². The SMILES string of the molecule is CC[C@H]1NC(=O)[C@@H](NC(=O)c2ccccc2)[C@@H](C)OC(=O)[C@H](c2ccccc2)NC(=O)[C@@H]2CC(=O)CCN2C(=O)[C@H](Cc2ccc(N(C)C)cc2)N(C)C(=O)[C@@H]2CCCN2C1=O. The Labute approximate surface area is 361 Å². The van der Waals surface area contributed by atoms with E-state index in [-0.39, 0.29) is 50.1 Å². The van der Waals surface area contributed by atoms with E-state index in [1.165, 1.54) is 28.7 Å². The van der Waals surface area contributed by atoms with Crippen LogP contribution in [0, 0.1) is 0 Å². The molecule has 6 amide bonds. The third-order valence-electron chi connectivity index (χ3n) is 11.9. The molecule has 16 nitrogen and oxygen atoms in total. The maximum Gasteiger partial charge on any atom is 0.333 e. The number of nitrogens with zero attached hydrogens (tertiary/aromatic N) is 4. The van der Waals surface area contributed by atoms with Crippen molar-refractivity contribution >= 4 is 52.9 Å². The highest BCUT2D eigenvalue weighted by atomic mass is 16.5. The van der Waals surface area contributed by atoms with Crippen LogP contribution < -0.4 is 20.9 Å². The Balaban J connectivity index is 1.43. The van der Waals surface area contributed by atoms with Crippen molar-refractivity contribution in [1.82, 2.24) is 30.7 Å². The molecule has 6 rings (SSSR count). The largest absolute Gasteiger partial charge is 0.458 e. The molecule has 0 bridgehead atoms. The molecular weight excluding hydrogens is 795 g/mol. The number of carbonyl (C=O) groups is 8. The van der Waals surface area contributed by atoms with Crippen molar-refractivity contribution in [2.24, 2.45) is 0 Å². The number of rotatable bonds is 7. The molecule has 3 heterocycles. The smallest absolute Gasteiger partial charge is 0.333 e. The summed E-state index contributed by atoms with van der Waals surface area (Å²) in [6.45, 7) is 3.19. The quantitative estimate of drug-likeness (QED) is 0.297. The summed E-state index contributed by atoms with van der Waals surface area (Å²) < 4.78 is 5.90. The first kappa shape index (κ1) is 45.0. The number of benzene rings is 3. The van der Waals surface area contributed by atoms with Gasteiger partial charge in [0.15, 0.2) is 6.04 Å². The van der Waals surface area contributed by atoms with Gasteiger partial charge in [-0.05, 0) is 61.6 Å². The van der Waals surface area contributed by atoms with Gasteiger partial charge in [-0.25, -0.2) is 4.79 Å². The molecule has 328 valence electrons. The van der Waals surface area contributed by atoms with Gasteiger partial charge in [0.05, 0.1) is 0 Å². The normalized spacial score (nSPS) is 25.7. The maximum absolute atomic E-state index is 15.0. The van der Waals surface area contributed by atoms with Crippen molar-refractivity contribution in [3.05, 3.63) is 102 Å². The molecule has 0 aromatic heterocycles. The first-order chi connectivity index (χ1) is 29.7. The van der Waals surface area contributed by atoms with Gasteiger partial charge in [0.1, 0.15) is 42.1 Å². The van der Waals surface area contributed by atoms with Gasteiger partial charge in [0.25, 0.3) is 5.91 Å². The first-order valence-electron chi connectivity index (χ1n) is 21.1. The number of hydrogen-bond acceptors (Lipinski definition) is 10. The second-order valence-electron chi connectivity index (χ2n) is 16.2. The van der Waals surface area contributed by atoms with E-state index in [9.17, 15) is 38.4 Å². The Morgan fingerprint density at radius 2 is 1.44 bits per heavy atom. The van der Waals surface area contributed by atoms with Crippen molar-refractivity contribution in [2.75, 3.05) is 39.1 Å². The van der Waals surface area contributed by atoms with Crippen LogP contribution in [0.1, 0.15) is 73.5 Å². The lowest BCUT2D eigenvalue weighted by molar-refractivity contribution is -0.156. The predicted molar refractivity (Wildman–Crippen MR) is 228 cm³/mol. The Hall–Kier alpha value is -6.58. The van der Waals surface area contributed by atoms with Gasteiger partial charge >= 0.3 is 5.97 Å². The Morgan fingerprint density at radius 3 is 2.08 bits per heavy atom. The lowest BCUT2D eigenvalue weighted by atomic mass is 9.95. The van der Waals surface area contributed by atoms with Gasteiger partial charge in [0.2, 0.25) is 29.5 Å². The predicted octanol–water partition coefficient (Wildman–Crippen LogP) is 2.17. The van der Waals surface area contributed by atoms with E-state index in [0.29, 0.717) is 18.4 Å². The number of cyclic esters (lactones) is 1. The number of anilines is 1. The van der Waals surface area contributed by atoms with Crippen LogP contribution in [-0.4, -0.2) is 132 Å². The highest BCUT2D eigenvalue weighted by Gasteiger charge is 2.45. The zero-order valence-corrected chi connectivity index (χ0v) is 35.7. The second kappa shape index (κ2) is 19.9. The summed E-state index contributed by atoms with van der Waals surface area (Å²) in [4.78, 5) is 119. The van der Waals surface area contributed by atoms with E-state index in [2.05, 4.69) is 16.0 Å². The van der Waals surface area contributed by atoms with Crippen molar-refractivity contribution in [3.63, 3.8) is 0 Å². The highest BCUT2D eigenvalue weighted by molar-refractivity contribution is 6.01. The molecule has 7 atom stereocenters. The summed E-state index contributed by atoms with van der Waals surface area (Å²) in [5, 5.41) is 8.12. The second-order valence-corrected chi connectivity index (χ2v) is 16.2. The molecule has 3 fully saturated rings. The molecule has 62 heavy (non-hydrogen) atoms. The van der Waals surface area contributed by atoms with Crippen LogP contribution in [0.25, 0.3) is 0 Å². The average Bonchev–Trinajstić information content (AvgIpc) is 3.77. The number of esters is 1. The Bertz CT molecular complexity index is 2150. The van der Waals surface area contributed by atoms with E-state index in [1.54, 1.807) is 67.6 Å². The third-order valence-corrected chi connectivity index (χ3v) is 11.9. The monoisotopic (exact) mass is 849 g/mol. The summed E-state index contributed by atoms with van der Waals surface area (Å²) in [5.41, 5.74) is 2.17. The van der Waals surface area contributed by atoms with E-state index >= 15 is 0 Å². The summed E-state index contributed by atoms with van der Waals surface area (Å²) in [5.74, 6) is -5.16. The van der Waals surface area contributed by atoms with E-state index in [0.717, 1.165) is 11.3 Å². The highest BCUT2D eigenvalue weighted by Crippen LogP contribution is 2.27. The molecule has 0 spiro atoms. The fraction of sp³-hybridized carbons (Fsp3) is 0.435. The van der Waals surface area contributed by atoms with Crippen LogP contribution in [0.5, 0.6) is 0 Å². The fourth-order valence-corrected chi connectivity index (χ4v) is 8.23. The van der Waals surface area contributed by atoms with Crippen LogP contribution in [-0.2, 0) is 44.7 Å². The lowest BCUT2D eigenvalue weighted by Gasteiger charge is -2.40. The Kier molecular flexibility index (Phi) is 14.4. The van der Waals surface area contributed by atoms with Gasteiger partial charge < -0.3 is 40.3 Å². The number of fused-ring (bicyclic) bond motifs is 2. The summed E-state index contributed by atoms with van der Waals surface area (Å²) in [7, 11) is 5.29. The first-order valence-corrected chi connectivity index (χ1v) is 21.1. The van der Waals surface area contributed by atoms with Crippen molar-refractivity contribution in [1.29, 1.82) is 0 Å². The number of Topliss-reactive ketones (excluding diaryl/α,β-unsaturated/α-hetero) is 1. The number of piperidine rings is 1. The van der Waals surface area contributed by atoms with Crippen molar-refractivity contribution in [3.8, 4) is 0 Å². The minimum absolute atomic E-state index is 0.0282. The Morgan fingerprint density at radius 1 is 0.790 bits per heavy atom. The summed E-state index contributed by atoms with van der Waals surface area (Å²) in [6.07, 6.45) is -0.786. The molecule has 3 saturated heterocycles. The number of hydrogen-bond donors (Lipinski definition) is 3. The number of likely N-dealkylation sites (N-methyl/N-ethyl adjacent to an activating group) is 1. The molecule has 3 N–H and O–H groups in total. The number of amides is 6. The van der Waals surface area contributed by atoms with E-state index in [1.807, 2.05) is 43.3 Å². The molecule has 3 aromatic carbocycles. The van der Waals surface area contributed by atoms with Gasteiger partial charge in [-0.15, -0.1) is 0 Å². The van der Waals surface area contributed by atoms with Gasteiger partial charge in [-0.1, -0.05) is 67.6 Å². The third kappa shape index (κ3) is 10.1. The zero-order valence-electron chi connectivity index (χ0n) is 35.7. The van der Waals surface area contributed by atoms with Crippen LogP contribution in [0.2, 0.25) is 0 Å². The molecular formula is C46H55N7O9. The molecule has 3 aromatic rings. The zero-order chi connectivity index (χ0) is 44.7. The summed E-state index contributed by atoms with van der Waals surface area (Å²) in [6, 6.07) is 16.1. The molecule has 3 aliphatic rings. The number of ether oxygens (including phenoxy) is 1. The molecule has 0 unspecified atom stereocenters. The number of nitrogens with one attached hydrogen (secondary N) is 3. The standard InChI is InChI=1S/C46H55N7O9/c1-6-34-43(58)52-24-13-18-35(52)44(59)51(5)37(26-29-19-21-32(22-20-29)50(3)4)45(60)53-25-23-33(54)27-36(53)41(56)49-39(30-14-9-7-10-15-30)46(61)62-28(2)38(42(57)47-34)48-40(55)31-16-11-8-12-17-31/h7-12,14-17,19-22,28,34-39H,6,13,18,23-27H2,1-5H3,(H,47,57)(H,48,55)(H,49,56)/t28-,34-,35+,36+,37+,38+,39+/m1/s1. The van der Waals surface area contributed by atoms with Crippen LogP contribution in [0.4, 0.5) is 5.69 Å². The van der Waals surface area contributed by atoms with Crippen molar-refractivity contribution < 1.29 is 43.1 Å². The molecule has 16 heteroatoms. The van der Waals surface area contributed by atoms with Gasteiger partial charge in [0, 0.05) is 64.7 Å². The lowest BCUT2D eigenvalue weighted by Crippen LogP contribution is -2.61. The van der Waals surface area contributed by atoms with E-state index < -0.39 is 83.8 Å². The fourth-order valence-electron chi connectivity index (χ4n) is 8.23. The minimum atomic E-state index is -1.53. The molecule has 0 aliphatic carbocycles. The topological polar surface area (TPSA) is 195 Å². The van der Waals surface area contributed by atoms with Crippen LogP contribution in [0.15, 0.2) is 84.9 Å². The van der Waals surface area contributed by atoms with Crippen molar-refractivity contribution in [2.45, 2.75) is 94.7 Å². The van der Waals surface area contributed by atoms with Gasteiger partial charge in [-0.2, -0.15) is 0 Å². The molecule has 0 radical (unpaired) electrons. The van der Waals surface area contributed by atoms with Crippen LogP contribution in [0.3, 0.4) is 0 Å². The van der Waals surface area contributed by atoms with Crippen LogP contribution >= 0.6 is 0 Å². The molecule has 0 saturated carbocycles. The summed E-state index contributed by atoms with van der Waals surface area (Å²) >= 11 is 0. The van der Waals surface area contributed by atoms with Gasteiger partial charge in [-0.3, -0.25) is 33.6 Å².